The fourth-order valence-corrected chi connectivity index (χ4v) is 4.85. The molecule has 1 aromatic carbocycles. The zero-order chi connectivity index (χ0) is 19.6. The summed E-state index contributed by atoms with van der Waals surface area (Å²) in [6.07, 6.45) is 6.95. The van der Waals surface area contributed by atoms with E-state index < -0.39 is 0 Å². The Balaban J connectivity index is 1.59. The van der Waals surface area contributed by atoms with Crippen LogP contribution in [-0.4, -0.2) is 32.2 Å². The largest absolute Gasteiger partial charge is 0.393 e. The van der Waals surface area contributed by atoms with Crippen LogP contribution in [-0.2, 0) is 0 Å². The predicted octanol–water partition coefficient (Wildman–Crippen LogP) is 5.14. The van der Waals surface area contributed by atoms with Gasteiger partial charge in [-0.1, -0.05) is 30.3 Å². The molecule has 0 saturated heterocycles. The third kappa shape index (κ3) is 3.86. The maximum atomic E-state index is 9.83. The molecular weight excluding hydrogens is 380 g/mol. The molecule has 5 rings (SSSR count). The SMILES string of the molecule is OC1CCC(Nc2nc(-c3cccnc3)nc3sc(-c4ccccc4)cc23)CC1. The Kier molecular flexibility index (Phi) is 4.96. The van der Waals surface area contributed by atoms with E-state index in [9.17, 15) is 5.11 Å². The van der Waals surface area contributed by atoms with Crippen molar-refractivity contribution in [1.82, 2.24) is 15.0 Å². The summed E-state index contributed by atoms with van der Waals surface area (Å²) in [4.78, 5) is 16.1. The van der Waals surface area contributed by atoms with Crippen LogP contribution in [0.4, 0.5) is 5.82 Å². The molecule has 1 saturated carbocycles. The van der Waals surface area contributed by atoms with Crippen molar-refractivity contribution in [2.24, 2.45) is 0 Å². The predicted molar refractivity (Wildman–Crippen MR) is 118 cm³/mol. The third-order valence-corrected chi connectivity index (χ3v) is 6.49. The zero-order valence-electron chi connectivity index (χ0n) is 16.0. The fraction of sp³-hybridized carbons (Fsp3) is 0.261. The summed E-state index contributed by atoms with van der Waals surface area (Å²) in [5, 5.41) is 14.5. The highest BCUT2D eigenvalue weighted by atomic mass is 32.1. The average Bonchev–Trinajstić information content (AvgIpc) is 3.21. The second-order valence-corrected chi connectivity index (χ2v) is 8.51. The van der Waals surface area contributed by atoms with Crippen LogP contribution in [0.5, 0.6) is 0 Å². The number of hydrogen-bond donors (Lipinski definition) is 2. The van der Waals surface area contributed by atoms with Gasteiger partial charge in [-0.3, -0.25) is 4.98 Å². The van der Waals surface area contributed by atoms with Crippen molar-refractivity contribution in [3.63, 3.8) is 0 Å². The van der Waals surface area contributed by atoms with Crippen molar-refractivity contribution < 1.29 is 5.11 Å². The number of anilines is 1. The van der Waals surface area contributed by atoms with Crippen LogP contribution in [0, 0.1) is 0 Å². The van der Waals surface area contributed by atoms with Crippen LogP contribution in [0.3, 0.4) is 0 Å². The van der Waals surface area contributed by atoms with Gasteiger partial charge in [-0.2, -0.15) is 0 Å². The van der Waals surface area contributed by atoms with E-state index >= 15 is 0 Å². The summed E-state index contributed by atoms with van der Waals surface area (Å²) in [5.41, 5.74) is 2.09. The first-order valence-corrected chi connectivity index (χ1v) is 10.8. The van der Waals surface area contributed by atoms with Crippen LogP contribution < -0.4 is 5.32 Å². The Hall–Kier alpha value is -2.83. The minimum Gasteiger partial charge on any atom is -0.393 e. The lowest BCUT2D eigenvalue weighted by Crippen LogP contribution is -2.28. The molecule has 5 nitrogen and oxygen atoms in total. The average molecular weight is 403 g/mol. The van der Waals surface area contributed by atoms with Crippen LogP contribution in [0.2, 0.25) is 0 Å². The van der Waals surface area contributed by atoms with Crippen LogP contribution in [0.1, 0.15) is 25.7 Å². The Bertz CT molecular complexity index is 1110. The molecule has 4 aromatic rings. The summed E-state index contributed by atoms with van der Waals surface area (Å²) in [6, 6.07) is 16.8. The summed E-state index contributed by atoms with van der Waals surface area (Å²) in [6.45, 7) is 0. The molecule has 3 heterocycles. The molecule has 1 aliphatic rings. The van der Waals surface area contributed by atoms with E-state index in [0.717, 1.165) is 47.3 Å². The van der Waals surface area contributed by atoms with Gasteiger partial charge in [0.25, 0.3) is 0 Å². The van der Waals surface area contributed by atoms with Crippen molar-refractivity contribution in [3.8, 4) is 21.8 Å². The highest BCUT2D eigenvalue weighted by Crippen LogP contribution is 2.37. The summed E-state index contributed by atoms with van der Waals surface area (Å²) < 4.78 is 0. The van der Waals surface area contributed by atoms with Gasteiger partial charge in [0.15, 0.2) is 5.82 Å². The Morgan fingerprint density at radius 1 is 0.931 bits per heavy atom. The molecule has 0 amide bonds. The van der Waals surface area contributed by atoms with Crippen molar-refractivity contribution in [1.29, 1.82) is 0 Å². The fourth-order valence-electron chi connectivity index (χ4n) is 3.81. The van der Waals surface area contributed by atoms with Gasteiger partial charge in [0.2, 0.25) is 0 Å². The van der Waals surface area contributed by atoms with Crippen molar-refractivity contribution >= 4 is 27.4 Å². The van der Waals surface area contributed by atoms with Gasteiger partial charge in [-0.15, -0.1) is 11.3 Å². The summed E-state index contributed by atoms with van der Waals surface area (Å²) in [7, 11) is 0. The highest BCUT2D eigenvalue weighted by Gasteiger charge is 2.21. The van der Waals surface area contributed by atoms with E-state index in [2.05, 4.69) is 40.6 Å². The quantitative estimate of drug-likeness (QED) is 0.495. The monoisotopic (exact) mass is 402 g/mol. The lowest BCUT2D eigenvalue weighted by molar-refractivity contribution is 0.126. The second kappa shape index (κ2) is 7.89. The van der Waals surface area contributed by atoms with Gasteiger partial charge < -0.3 is 10.4 Å². The van der Waals surface area contributed by atoms with Gasteiger partial charge in [0, 0.05) is 28.9 Å². The van der Waals surface area contributed by atoms with E-state index in [1.807, 2.05) is 18.2 Å². The number of nitrogens with zero attached hydrogens (tertiary/aromatic N) is 3. The standard InChI is InChI=1S/C23H22N4OS/c28-18-10-8-17(9-11-18)25-22-19-13-20(15-5-2-1-3-6-15)29-23(19)27-21(26-22)16-7-4-12-24-14-16/h1-7,12-14,17-18,28H,8-11H2,(H,25,26,27). The second-order valence-electron chi connectivity index (χ2n) is 7.48. The molecule has 0 radical (unpaired) electrons. The van der Waals surface area contributed by atoms with Crippen LogP contribution >= 0.6 is 11.3 Å². The van der Waals surface area contributed by atoms with Gasteiger partial charge in [0.1, 0.15) is 10.6 Å². The molecular formula is C23H22N4OS. The Morgan fingerprint density at radius 2 is 1.72 bits per heavy atom. The molecule has 0 unspecified atom stereocenters. The number of hydrogen-bond acceptors (Lipinski definition) is 6. The molecule has 6 heteroatoms. The maximum Gasteiger partial charge on any atom is 0.164 e. The lowest BCUT2D eigenvalue weighted by Gasteiger charge is -2.26. The molecule has 146 valence electrons. The lowest BCUT2D eigenvalue weighted by atomic mass is 9.93. The Labute approximate surface area is 173 Å². The number of pyridine rings is 1. The number of rotatable bonds is 4. The van der Waals surface area contributed by atoms with E-state index in [1.165, 1.54) is 10.4 Å². The first-order valence-electron chi connectivity index (χ1n) is 9.98. The van der Waals surface area contributed by atoms with Crippen LogP contribution in [0.15, 0.2) is 60.9 Å². The highest BCUT2D eigenvalue weighted by molar-refractivity contribution is 7.21. The molecule has 0 aliphatic heterocycles. The molecule has 2 N–H and O–H groups in total. The van der Waals surface area contributed by atoms with Crippen molar-refractivity contribution in [3.05, 3.63) is 60.9 Å². The number of nitrogens with one attached hydrogen (secondary N) is 1. The third-order valence-electron chi connectivity index (χ3n) is 5.41. The zero-order valence-corrected chi connectivity index (χ0v) is 16.8. The van der Waals surface area contributed by atoms with E-state index in [0.29, 0.717) is 11.9 Å². The van der Waals surface area contributed by atoms with Crippen molar-refractivity contribution in [2.45, 2.75) is 37.8 Å². The van der Waals surface area contributed by atoms with E-state index in [1.54, 1.807) is 23.7 Å². The first kappa shape index (κ1) is 18.2. The van der Waals surface area contributed by atoms with E-state index in [4.69, 9.17) is 9.97 Å². The molecule has 1 fully saturated rings. The topological polar surface area (TPSA) is 70.9 Å². The minimum absolute atomic E-state index is 0.171. The Morgan fingerprint density at radius 3 is 2.48 bits per heavy atom. The number of aliphatic hydroxyl groups is 1. The maximum absolute atomic E-state index is 9.83. The number of benzene rings is 1. The van der Waals surface area contributed by atoms with Gasteiger partial charge in [0.05, 0.1) is 11.5 Å². The number of aliphatic hydroxyl groups excluding tert-OH is 1. The molecule has 0 atom stereocenters. The molecule has 0 bridgehead atoms. The van der Waals surface area contributed by atoms with Gasteiger partial charge in [-0.25, -0.2) is 9.97 Å². The molecule has 3 aromatic heterocycles. The van der Waals surface area contributed by atoms with Gasteiger partial charge >= 0.3 is 0 Å². The first-order chi connectivity index (χ1) is 14.3. The van der Waals surface area contributed by atoms with Gasteiger partial charge in [-0.05, 0) is 49.4 Å². The number of aromatic nitrogens is 3. The number of fused-ring (bicyclic) bond motifs is 1. The normalized spacial score (nSPS) is 19.3. The van der Waals surface area contributed by atoms with E-state index in [-0.39, 0.29) is 6.10 Å². The minimum atomic E-state index is -0.171. The summed E-state index contributed by atoms with van der Waals surface area (Å²) >= 11 is 1.68. The molecule has 29 heavy (non-hydrogen) atoms. The molecule has 1 aliphatic carbocycles. The van der Waals surface area contributed by atoms with Crippen LogP contribution in [0.25, 0.3) is 32.0 Å². The summed E-state index contributed by atoms with van der Waals surface area (Å²) in [5.74, 6) is 1.55. The van der Waals surface area contributed by atoms with Crippen molar-refractivity contribution in [2.75, 3.05) is 5.32 Å². The smallest absolute Gasteiger partial charge is 0.164 e. The molecule has 0 spiro atoms. The number of thiophene rings is 1.